The fourth-order valence-electron chi connectivity index (χ4n) is 11.2. The van der Waals surface area contributed by atoms with E-state index >= 15 is 0 Å². The van der Waals surface area contributed by atoms with E-state index in [1.165, 1.54) is 161 Å². The minimum atomic E-state index is -4.96. The Bertz CT molecular complexity index is 1960. The number of phosphoric acid groups is 2. The number of unbranched alkanes of at least 4 members (excludes halogenated alkanes) is 38. The van der Waals surface area contributed by atoms with Crippen molar-refractivity contribution in [2.45, 2.75) is 388 Å². The van der Waals surface area contributed by atoms with E-state index in [9.17, 15) is 43.2 Å². The van der Waals surface area contributed by atoms with Gasteiger partial charge in [0.2, 0.25) is 0 Å². The molecule has 0 saturated carbocycles. The number of aliphatic hydroxyl groups is 1. The van der Waals surface area contributed by atoms with Gasteiger partial charge >= 0.3 is 39.5 Å². The van der Waals surface area contributed by atoms with E-state index < -0.39 is 97.5 Å². The zero-order chi connectivity index (χ0) is 70.9. The van der Waals surface area contributed by atoms with Gasteiger partial charge in [0.1, 0.15) is 19.3 Å². The average Bonchev–Trinajstić information content (AvgIpc) is 1.21. The third kappa shape index (κ3) is 70.0. The Kier molecular flexibility index (Phi) is 65.3. The van der Waals surface area contributed by atoms with Crippen LogP contribution < -0.4 is 0 Å². The normalized spacial score (nSPS) is 14.2. The first-order chi connectivity index (χ1) is 46.2. The van der Waals surface area contributed by atoms with E-state index in [0.717, 1.165) is 121 Å². The second-order valence-corrected chi connectivity index (χ2v) is 31.4. The van der Waals surface area contributed by atoms with Crippen molar-refractivity contribution < 1.29 is 80.2 Å². The summed E-state index contributed by atoms with van der Waals surface area (Å²) in [5, 5.41) is 10.6. The summed E-state index contributed by atoms with van der Waals surface area (Å²) in [6.45, 7) is 11.8. The molecule has 566 valence electrons. The fraction of sp³-hybridized carbons (Fsp3) is 0.896. The molecule has 3 unspecified atom stereocenters. The summed E-state index contributed by atoms with van der Waals surface area (Å²) in [5.41, 5.74) is 0. The van der Waals surface area contributed by atoms with Crippen LogP contribution in [0.2, 0.25) is 0 Å². The highest BCUT2D eigenvalue weighted by molar-refractivity contribution is 7.47. The highest BCUT2D eigenvalue weighted by Gasteiger charge is 2.30. The molecule has 0 fully saturated rings. The topological polar surface area (TPSA) is 237 Å². The van der Waals surface area contributed by atoms with Gasteiger partial charge in [0, 0.05) is 25.7 Å². The molecule has 3 N–H and O–H groups in total. The van der Waals surface area contributed by atoms with Crippen LogP contribution in [0.5, 0.6) is 0 Å². The van der Waals surface area contributed by atoms with Crippen molar-refractivity contribution in [3.8, 4) is 0 Å². The molecule has 0 radical (unpaired) electrons. The summed E-state index contributed by atoms with van der Waals surface area (Å²) in [7, 11) is -9.93. The number of rotatable bonds is 73. The van der Waals surface area contributed by atoms with Crippen LogP contribution >= 0.6 is 15.6 Å². The molecular weight excluding hydrogens is 1260 g/mol. The Morgan fingerprint density at radius 3 is 0.844 bits per heavy atom. The molecule has 0 amide bonds. The molecule has 0 aromatic carbocycles. The van der Waals surface area contributed by atoms with Gasteiger partial charge < -0.3 is 33.8 Å². The van der Waals surface area contributed by atoms with E-state index in [-0.39, 0.29) is 25.7 Å². The lowest BCUT2D eigenvalue weighted by Crippen LogP contribution is -2.30. The third-order valence-electron chi connectivity index (χ3n) is 17.3. The van der Waals surface area contributed by atoms with Gasteiger partial charge in [-0.1, -0.05) is 317 Å². The number of hydrogen-bond donors (Lipinski definition) is 3. The quantitative estimate of drug-likeness (QED) is 0.0169. The molecule has 0 aliphatic heterocycles. The van der Waals surface area contributed by atoms with Crippen LogP contribution in [0.25, 0.3) is 0 Å². The van der Waals surface area contributed by atoms with Gasteiger partial charge in [-0.25, -0.2) is 9.13 Å². The van der Waals surface area contributed by atoms with Crippen molar-refractivity contribution in [1.29, 1.82) is 0 Å². The van der Waals surface area contributed by atoms with E-state index in [4.69, 9.17) is 37.0 Å². The molecule has 96 heavy (non-hydrogen) atoms. The zero-order valence-corrected chi connectivity index (χ0v) is 64.1. The monoisotopic (exact) mass is 1410 g/mol. The minimum Gasteiger partial charge on any atom is -0.462 e. The maximum atomic E-state index is 13.1. The summed E-state index contributed by atoms with van der Waals surface area (Å²) >= 11 is 0. The Morgan fingerprint density at radius 2 is 0.562 bits per heavy atom. The molecular formula is C77H146O17P2. The molecule has 5 atom stereocenters. The average molecular weight is 1410 g/mol. The minimum absolute atomic E-state index is 0.0840. The first-order valence-corrected chi connectivity index (χ1v) is 42.2. The van der Waals surface area contributed by atoms with Crippen molar-refractivity contribution in [2.24, 2.45) is 17.8 Å². The maximum Gasteiger partial charge on any atom is 0.472 e. The molecule has 0 rings (SSSR count). The van der Waals surface area contributed by atoms with Crippen LogP contribution in [0.1, 0.15) is 370 Å². The number of aliphatic hydroxyl groups excluding tert-OH is 1. The van der Waals surface area contributed by atoms with Gasteiger partial charge in [0.05, 0.1) is 26.4 Å². The van der Waals surface area contributed by atoms with Crippen LogP contribution in [0.4, 0.5) is 0 Å². The highest BCUT2D eigenvalue weighted by atomic mass is 31.2. The predicted molar refractivity (Wildman–Crippen MR) is 390 cm³/mol. The molecule has 0 aliphatic rings. The van der Waals surface area contributed by atoms with Crippen LogP contribution in [0.15, 0.2) is 24.3 Å². The Hall–Kier alpha value is -2.46. The van der Waals surface area contributed by atoms with Crippen molar-refractivity contribution in [1.82, 2.24) is 0 Å². The van der Waals surface area contributed by atoms with Gasteiger partial charge in [0.25, 0.3) is 0 Å². The van der Waals surface area contributed by atoms with Crippen molar-refractivity contribution in [2.75, 3.05) is 39.6 Å². The van der Waals surface area contributed by atoms with E-state index in [2.05, 4.69) is 72.8 Å². The van der Waals surface area contributed by atoms with Crippen molar-refractivity contribution in [3.63, 3.8) is 0 Å². The van der Waals surface area contributed by atoms with Crippen molar-refractivity contribution in [3.05, 3.63) is 24.3 Å². The van der Waals surface area contributed by atoms with E-state index in [0.29, 0.717) is 31.6 Å². The molecule has 0 aromatic rings. The number of carbonyl (C=O) groups is 4. The molecule has 0 spiro atoms. The highest BCUT2D eigenvalue weighted by Crippen LogP contribution is 2.45. The molecule has 0 aliphatic carbocycles. The molecule has 0 aromatic heterocycles. The second-order valence-electron chi connectivity index (χ2n) is 28.5. The summed E-state index contributed by atoms with van der Waals surface area (Å²) in [5.74, 6) is 0.116. The number of esters is 4. The fourth-order valence-corrected chi connectivity index (χ4v) is 12.8. The summed E-state index contributed by atoms with van der Waals surface area (Å²) in [6, 6.07) is 0. The summed E-state index contributed by atoms with van der Waals surface area (Å²) < 4.78 is 68.5. The molecule has 0 bridgehead atoms. The van der Waals surface area contributed by atoms with Crippen LogP contribution in [0.3, 0.4) is 0 Å². The van der Waals surface area contributed by atoms with Crippen molar-refractivity contribution >= 4 is 39.5 Å². The van der Waals surface area contributed by atoms with Gasteiger partial charge in [0.15, 0.2) is 12.2 Å². The van der Waals surface area contributed by atoms with Crippen LogP contribution in [-0.4, -0.2) is 96.7 Å². The third-order valence-corrected chi connectivity index (χ3v) is 19.2. The van der Waals surface area contributed by atoms with Crippen LogP contribution in [0, 0.1) is 17.8 Å². The van der Waals surface area contributed by atoms with Gasteiger partial charge in [-0.05, 0) is 69.1 Å². The van der Waals surface area contributed by atoms with Gasteiger partial charge in [-0.15, -0.1) is 0 Å². The number of phosphoric ester groups is 2. The standard InChI is InChI=1S/C77H146O17P2/c1-8-9-10-11-12-13-14-15-16-21-26-31-38-46-53-60-76(81)94-73(65-88-75(80)59-52-45-40-33-36-43-50-57-70(6)7)67-92-96(85,86)90-63-71(78)62-89-95(83,84)91-66-72(93-77(82)61-54-47-39-32-27-22-24-29-35-42-49-56-69(4)5)64-87-74(79)58-51-44-37-30-25-20-18-17-19-23-28-34-41-48-55-68(2)3/h13-16,68-73,78H,8-12,17-67H2,1-7H3,(H,83,84)(H,85,86)/b14-13-,16-15-/t71?,72-,73-/m1/s1. The van der Waals surface area contributed by atoms with Gasteiger partial charge in [-0.2, -0.15) is 0 Å². The molecule has 17 nitrogen and oxygen atoms in total. The Morgan fingerprint density at radius 1 is 0.323 bits per heavy atom. The molecule has 0 heterocycles. The summed E-state index contributed by atoms with van der Waals surface area (Å²) in [6.07, 6.45) is 56.3. The lowest BCUT2D eigenvalue weighted by molar-refractivity contribution is -0.161. The van der Waals surface area contributed by atoms with E-state index in [1.807, 2.05) is 0 Å². The number of ether oxygens (including phenoxy) is 4. The Balaban J connectivity index is 5.28. The zero-order valence-electron chi connectivity index (χ0n) is 62.3. The largest absolute Gasteiger partial charge is 0.472 e. The molecule has 0 saturated heterocycles. The first-order valence-electron chi connectivity index (χ1n) is 39.2. The predicted octanol–water partition coefficient (Wildman–Crippen LogP) is 22.1. The van der Waals surface area contributed by atoms with Crippen LogP contribution in [-0.2, 0) is 65.4 Å². The number of carbonyl (C=O) groups excluding carboxylic acids is 4. The second kappa shape index (κ2) is 67.1. The number of allylic oxidation sites excluding steroid dienone is 4. The lowest BCUT2D eigenvalue weighted by atomic mass is 10.0. The Labute approximate surface area is 586 Å². The number of hydrogen-bond acceptors (Lipinski definition) is 15. The lowest BCUT2D eigenvalue weighted by Gasteiger charge is -2.21. The summed E-state index contributed by atoms with van der Waals surface area (Å²) in [4.78, 5) is 72.8. The van der Waals surface area contributed by atoms with Gasteiger partial charge in [-0.3, -0.25) is 37.3 Å². The smallest absolute Gasteiger partial charge is 0.462 e. The first kappa shape index (κ1) is 93.5. The van der Waals surface area contributed by atoms with E-state index in [1.54, 1.807) is 0 Å². The SMILES string of the molecule is CCCCCC/C=C\C=C/CCCCCCCC(=O)O[C@H](COC(=O)CCCCCCCCCC(C)C)COP(=O)(O)OCC(O)COP(=O)(O)OC[C@@H](COC(=O)CCCCCCCCCCCCCCCCC(C)C)OC(=O)CCCCCCCCCCCCCC(C)C. The molecule has 19 heteroatoms. The maximum absolute atomic E-state index is 13.1.